The Kier molecular flexibility index (Phi) is 10.0. The third-order valence-electron chi connectivity index (χ3n) is 4.77. The van der Waals surface area contributed by atoms with Crippen molar-refractivity contribution in [2.45, 2.75) is 70.0 Å². The second-order valence-corrected chi connectivity index (χ2v) is 10.3. The molecule has 2 aromatic rings. The van der Waals surface area contributed by atoms with Crippen LogP contribution in [0.5, 0.6) is 0 Å². The van der Waals surface area contributed by atoms with E-state index in [1.165, 1.54) is 12.1 Å². The van der Waals surface area contributed by atoms with E-state index >= 15 is 0 Å². The average molecular weight is 479 g/mol. The number of carbonyl (C=O) groups excluding carboxylic acids is 2. The van der Waals surface area contributed by atoms with Gasteiger partial charge < -0.3 is 10.2 Å². The maximum Gasteiger partial charge on any atom is 0.243 e. The molecule has 0 saturated carbocycles. The molecule has 0 spiro atoms. The topological polar surface area (TPSA) is 49.4 Å². The summed E-state index contributed by atoms with van der Waals surface area (Å²) < 4.78 is 13.3. The Morgan fingerprint density at radius 2 is 1.72 bits per heavy atom. The molecule has 2 aromatic carbocycles. The lowest BCUT2D eigenvalue weighted by molar-refractivity contribution is -0.142. The molecule has 1 atom stereocenters. The standard InChI is InChI=1S/C25H32ClFN2O2S/c1-5-22(24(31)28-25(2,3)4)29(17-18-8-12-20(27)13-9-18)23(30)7-6-16-32-21-14-10-19(26)11-15-21/h8-15,22H,5-7,16-17H2,1-4H3,(H,28,31)/t22-/m1/s1. The SMILES string of the molecule is CC[C@H](C(=O)NC(C)(C)C)N(Cc1ccc(F)cc1)C(=O)CCCSc1ccc(Cl)cc1. The molecule has 4 nitrogen and oxygen atoms in total. The number of carbonyl (C=O) groups is 2. The quantitative estimate of drug-likeness (QED) is 0.333. The second-order valence-electron chi connectivity index (χ2n) is 8.72. The predicted molar refractivity (Wildman–Crippen MR) is 130 cm³/mol. The lowest BCUT2D eigenvalue weighted by Gasteiger charge is -2.33. The fraction of sp³-hybridized carbons (Fsp3) is 0.440. The molecular formula is C25H32ClFN2O2S. The third-order valence-corrected chi connectivity index (χ3v) is 6.12. The van der Waals surface area contributed by atoms with Crippen LogP contribution in [-0.4, -0.2) is 34.0 Å². The van der Waals surface area contributed by atoms with Crippen molar-refractivity contribution in [1.29, 1.82) is 0 Å². The summed E-state index contributed by atoms with van der Waals surface area (Å²) in [7, 11) is 0. The largest absolute Gasteiger partial charge is 0.350 e. The van der Waals surface area contributed by atoms with Crippen LogP contribution in [-0.2, 0) is 16.1 Å². The van der Waals surface area contributed by atoms with Crippen molar-refractivity contribution in [3.8, 4) is 0 Å². The minimum Gasteiger partial charge on any atom is -0.350 e. The van der Waals surface area contributed by atoms with E-state index in [1.54, 1.807) is 28.8 Å². The summed E-state index contributed by atoms with van der Waals surface area (Å²) in [6.45, 7) is 7.90. The zero-order chi connectivity index (χ0) is 23.7. The van der Waals surface area contributed by atoms with E-state index < -0.39 is 11.6 Å². The van der Waals surface area contributed by atoms with E-state index in [2.05, 4.69) is 5.32 Å². The molecule has 174 valence electrons. The summed E-state index contributed by atoms with van der Waals surface area (Å²) in [6.07, 6.45) is 1.51. The molecule has 0 saturated heterocycles. The molecule has 0 unspecified atom stereocenters. The molecule has 0 radical (unpaired) electrons. The Balaban J connectivity index is 2.07. The first-order valence-corrected chi connectivity index (χ1v) is 12.2. The zero-order valence-corrected chi connectivity index (χ0v) is 20.7. The van der Waals surface area contributed by atoms with Crippen LogP contribution in [0, 0.1) is 5.82 Å². The summed E-state index contributed by atoms with van der Waals surface area (Å²) >= 11 is 7.59. The number of hydrogen-bond donors (Lipinski definition) is 1. The van der Waals surface area contributed by atoms with E-state index in [0.717, 1.165) is 16.2 Å². The van der Waals surface area contributed by atoms with Gasteiger partial charge in [0.1, 0.15) is 11.9 Å². The van der Waals surface area contributed by atoms with Gasteiger partial charge in [0.15, 0.2) is 0 Å². The molecule has 0 aliphatic carbocycles. The molecule has 7 heteroatoms. The van der Waals surface area contributed by atoms with Gasteiger partial charge in [0.2, 0.25) is 11.8 Å². The number of benzene rings is 2. The summed E-state index contributed by atoms with van der Waals surface area (Å²) in [5, 5.41) is 3.68. The molecule has 0 aliphatic rings. The fourth-order valence-electron chi connectivity index (χ4n) is 3.25. The monoisotopic (exact) mass is 478 g/mol. The Hall–Kier alpha value is -2.05. The minimum absolute atomic E-state index is 0.0815. The van der Waals surface area contributed by atoms with E-state index in [0.29, 0.717) is 24.3 Å². The smallest absolute Gasteiger partial charge is 0.243 e. The van der Waals surface area contributed by atoms with E-state index in [1.807, 2.05) is 52.0 Å². The van der Waals surface area contributed by atoms with Gasteiger partial charge in [-0.2, -0.15) is 0 Å². The number of amides is 2. The summed E-state index contributed by atoms with van der Waals surface area (Å²) in [6, 6.07) is 13.1. The predicted octanol–water partition coefficient (Wildman–Crippen LogP) is 6.07. The van der Waals surface area contributed by atoms with Gasteiger partial charge in [-0.25, -0.2) is 4.39 Å². The highest BCUT2D eigenvalue weighted by Crippen LogP contribution is 2.22. The van der Waals surface area contributed by atoms with Gasteiger partial charge in [-0.05, 0) is 81.3 Å². The van der Waals surface area contributed by atoms with Crippen molar-refractivity contribution >= 4 is 35.2 Å². The highest BCUT2D eigenvalue weighted by atomic mass is 35.5. The van der Waals surface area contributed by atoms with E-state index in [9.17, 15) is 14.0 Å². The first-order chi connectivity index (χ1) is 15.1. The van der Waals surface area contributed by atoms with Crippen molar-refractivity contribution in [1.82, 2.24) is 10.2 Å². The highest BCUT2D eigenvalue weighted by molar-refractivity contribution is 7.99. The van der Waals surface area contributed by atoms with Crippen LogP contribution in [0.25, 0.3) is 0 Å². The Morgan fingerprint density at radius 3 is 2.28 bits per heavy atom. The molecule has 1 N–H and O–H groups in total. The van der Waals surface area contributed by atoms with Crippen LogP contribution in [0.3, 0.4) is 0 Å². The summed E-state index contributed by atoms with van der Waals surface area (Å²) in [4.78, 5) is 28.9. The number of nitrogens with zero attached hydrogens (tertiary/aromatic N) is 1. The maximum absolute atomic E-state index is 13.3. The Morgan fingerprint density at radius 1 is 1.09 bits per heavy atom. The highest BCUT2D eigenvalue weighted by Gasteiger charge is 2.30. The average Bonchev–Trinajstić information content (AvgIpc) is 2.72. The van der Waals surface area contributed by atoms with E-state index in [4.69, 9.17) is 11.6 Å². The number of thioether (sulfide) groups is 1. The molecular weight excluding hydrogens is 447 g/mol. The van der Waals surface area contributed by atoms with Gasteiger partial charge >= 0.3 is 0 Å². The number of nitrogens with one attached hydrogen (secondary N) is 1. The van der Waals surface area contributed by atoms with Crippen molar-refractivity contribution < 1.29 is 14.0 Å². The molecule has 2 amide bonds. The molecule has 0 aliphatic heterocycles. The van der Waals surface area contributed by atoms with Gasteiger partial charge in [-0.15, -0.1) is 11.8 Å². The lowest BCUT2D eigenvalue weighted by Crippen LogP contribution is -2.53. The maximum atomic E-state index is 13.3. The first-order valence-electron chi connectivity index (χ1n) is 10.8. The normalized spacial score (nSPS) is 12.3. The number of hydrogen-bond acceptors (Lipinski definition) is 3. The molecule has 0 heterocycles. The lowest BCUT2D eigenvalue weighted by atomic mass is 10.0. The van der Waals surface area contributed by atoms with Crippen molar-refractivity contribution in [2.24, 2.45) is 0 Å². The minimum atomic E-state index is -0.587. The van der Waals surface area contributed by atoms with Crippen molar-refractivity contribution in [2.75, 3.05) is 5.75 Å². The molecule has 0 aromatic heterocycles. The first kappa shape index (κ1) is 26.2. The van der Waals surface area contributed by atoms with Crippen LogP contribution in [0.15, 0.2) is 53.4 Å². The van der Waals surface area contributed by atoms with Gasteiger partial charge in [0, 0.05) is 28.4 Å². The van der Waals surface area contributed by atoms with Gasteiger partial charge in [-0.1, -0.05) is 30.7 Å². The van der Waals surface area contributed by atoms with Gasteiger partial charge in [0.25, 0.3) is 0 Å². The van der Waals surface area contributed by atoms with Crippen LogP contribution >= 0.6 is 23.4 Å². The van der Waals surface area contributed by atoms with Crippen LogP contribution < -0.4 is 5.32 Å². The third kappa shape index (κ3) is 8.83. The summed E-state index contributed by atoms with van der Waals surface area (Å²) in [5.41, 5.74) is 0.391. The molecule has 2 rings (SSSR count). The van der Waals surface area contributed by atoms with Crippen molar-refractivity contribution in [3.05, 3.63) is 64.9 Å². The van der Waals surface area contributed by atoms with Gasteiger partial charge in [-0.3, -0.25) is 9.59 Å². The molecule has 0 fully saturated rings. The Labute approximate surface area is 199 Å². The van der Waals surface area contributed by atoms with Crippen LogP contribution in [0.1, 0.15) is 52.5 Å². The second kappa shape index (κ2) is 12.3. The number of rotatable bonds is 10. The fourth-order valence-corrected chi connectivity index (χ4v) is 4.23. The molecule has 0 bridgehead atoms. The van der Waals surface area contributed by atoms with E-state index in [-0.39, 0.29) is 24.2 Å². The number of halogens is 2. The zero-order valence-electron chi connectivity index (χ0n) is 19.2. The summed E-state index contributed by atoms with van der Waals surface area (Å²) in [5.74, 6) is 0.194. The van der Waals surface area contributed by atoms with Crippen molar-refractivity contribution in [3.63, 3.8) is 0 Å². The van der Waals surface area contributed by atoms with Gasteiger partial charge in [0.05, 0.1) is 0 Å². The van der Waals surface area contributed by atoms with Crippen LogP contribution in [0.2, 0.25) is 5.02 Å². The van der Waals surface area contributed by atoms with Crippen LogP contribution in [0.4, 0.5) is 4.39 Å². The molecule has 32 heavy (non-hydrogen) atoms. The Bertz CT molecular complexity index is 882.